The minimum atomic E-state index is -0.371. The fourth-order valence-corrected chi connectivity index (χ4v) is 3.06. The van der Waals surface area contributed by atoms with Crippen LogP contribution in [-0.2, 0) is 10.2 Å². The van der Waals surface area contributed by atoms with E-state index in [1.807, 2.05) is 25.2 Å². The molecule has 0 fully saturated rings. The first-order valence-corrected chi connectivity index (χ1v) is 6.13. The molecule has 2 nitrogen and oxygen atoms in total. The van der Waals surface area contributed by atoms with E-state index in [0.29, 0.717) is 0 Å². The molecule has 0 aromatic heterocycles. The normalized spacial score (nSPS) is 24.1. The van der Waals surface area contributed by atoms with E-state index in [9.17, 15) is 4.79 Å². The van der Waals surface area contributed by atoms with Gasteiger partial charge >= 0.3 is 0 Å². The lowest BCUT2D eigenvalue weighted by atomic mass is 9.71. The van der Waals surface area contributed by atoms with E-state index in [4.69, 9.17) is 0 Å². The predicted octanol–water partition coefficient (Wildman–Crippen LogP) is 3.36. The molecule has 1 heterocycles. The average Bonchev–Trinajstić information content (AvgIpc) is 2.40. The van der Waals surface area contributed by atoms with Crippen LogP contribution < -0.4 is 4.90 Å². The van der Waals surface area contributed by atoms with Gasteiger partial charge in [0.2, 0.25) is 5.91 Å². The second-order valence-corrected chi connectivity index (χ2v) is 6.45. The molecule has 1 aliphatic rings. The van der Waals surface area contributed by atoms with Crippen LogP contribution in [0.2, 0.25) is 0 Å². The number of hydrogen-bond donors (Lipinski definition) is 0. The van der Waals surface area contributed by atoms with Crippen molar-refractivity contribution in [2.45, 2.75) is 39.5 Å². The monoisotopic (exact) mass is 231 g/mol. The van der Waals surface area contributed by atoms with Crippen molar-refractivity contribution < 1.29 is 4.79 Å². The summed E-state index contributed by atoms with van der Waals surface area (Å²) in [5.41, 5.74) is 2.00. The van der Waals surface area contributed by atoms with E-state index >= 15 is 0 Å². The number of rotatable bonds is 1. The van der Waals surface area contributed by atoms with Crippen LogP contribution in [0.5, 0.6) is 0 Å². The summed E-state index contributed by atoms with van der Waals surface area (Å²) in [6, 6.07) is 8.13. The number of carbonyl (C=O) groups is 1. The van der Waals surface area contributed by atoms with Crippen LogP contribution in [0, 0.1) is 5.41 Å². The van der Waals surface area contributed by atoms with Gasteiger partial charge in [-0.2, -0.15) is 0 Å². The van der Waals surface area contributed by atoms with Gasteiger partial charge < -0.3 is 4.90 Å². The van der Waals surface area contributed by atoms with Crippen LogP contribution in [0.15, 0.2) is 24.3 Å². The molecule has 0 radical (unpaired) electrons. The molecule has 92 valence electrons. The van der Waals surface area contributed by atoms with E-state index in [0.717, 1.165) is 12.1 Å². The lowest BCUT2D eigenvalue weighted by Crippen LogP contribution is -2.38. The first-order chi connectivity index (χ1) is 7.76. The molecule has 1 amide bonds. The number of benzene rings is 1. The Labute approximate surface area is 104 Å². The Morgan fingerprint density at radius 1 is 1.24 bits per heavy atom. The maximum absolute atomic E-state index is 12.5. The number of amides is 1. The van der Waals surface area contributed by atoms with Gasteiger partial charge in [0.25, 0.3) is 0 Å². The van der Waals surface area contributed by atoms with Gasteiger partial charge in [0.15, 0.2) is 0 Å². The van der Waals surface area contributed by atoms with Crippen LogP contribution in [0.3, 0.4) is 0 Å². The third-order valence-electron chi connectivity index (χ3n) is 3.52. The van der Waals surface area contributed by atoms with Gasteiger partial charge in [-0.1, -0.05) is 39.0 Å². The largest absolute Gasteiger partial charge is 0.314 e. The molecule has 0 bridgehead atoms. The Morgan fingerprint density at radius 2 is 1.82 bits per heavy atom. The summed E-state index contributed by atoms with van der Waals surface area (Å²) in [4.78, 5) is 14.3. The number of fused-ring (bicyclic) bond motifs is 1. The molecular formula is C15H21NO. The molecule has 0 aliphatic carbocycles. The lowest BCUT2D eigenvalue weighted by Gasteiger charge is -2.31. The minimum Gasteiger partial charge on any atom is -0.314 e. The molecule has 1 atom stereocenters. The number of nitrogens with zero attached hydrogens (tertiary/aromatic N) is 1. The maximum Gasteiger partial charge on any atom is 0.237 e. The first-order valence-electron chi connectivity index (χ1n) is 6.13. The number of carbonyl (C=O) groups excluding carboxylic acids is 1. The smallest absolute Gasteiger partial charge is 0.237 e. The van der Waals surface area contributed by atoms with E-state index in [2.05, 4.69) is 33.8 Å². The van der Waals surface area contributed by atoms with Crippen molar-refractivity contribution in [2.75, 3.05) is 11.9 Å². The Kier molecular flexibility index (Phi) is 2.57. The summed E-state index contributed by atoms with van der Waals surface area (Å²) >= 11 is 0. The SMILES string of the molecule is CN1C(=O)C(C)(CC(C)(C)C)c2ccccc21. The average molecular weight is 231 g/mol. The molecular weight excluding hydrogens is 210 g/mol. The molecule has 1 aromatic carbocycles. The Morgan fingerprint density at radius 3 is 2.41 bits per heavy atom. The summed E-state index contributed by atoms with van der Waals surface area (Å²) < 4.78 is 0. The summed E-state index contributed by atoms with van der Waals surface area (Å²) in [6.07, 6.45) is 0.875. The Bertz CT molecular complexity index is 458. The molecule has 17 heavy (non-hydrogen) atoms. The molecule has 2 heteroatoms. The number of anilines is 1. The van der Waals surface area contributed by atoms with Crippen molar-refractivity contribution in [1.82, 2.24) is 0 Å². The zero-order chi connectivity index (χ0) is 12.8. The van der Waals surface area contributed by atoms with Crippen LogP contribution in [0.25, 0.3) is 0 Å². The summed E-state index contributed by atoms with van der Waals surface area (Å²) in [5.74, 6) is 0.216. The fourth-order valence-electron chi connectivity index (χ4n) is 3.06. The summed E-state index contributed by atoms with van der Waals surface area (Å²) in [6.45, 7) is 8.63. The van der Waals surface area contributed by atoms with Crippen LogP contribution in [0.4, 0.5) is 5.69 Å². The highest BCUT2D eigenvalue weighted by Crippen LogP contribution is 2.46. The van der Waals surface area contributed by atoms with Crippen molar-refractivity contribution in [3.8, 4) is 0 Å². The third kappa shape index (κ3) is 1.86. The highest BCUT2D eigenvalue weighted by molar-refractivity contribution is 6.07. The number of likely N-dealkylation sites (N-methyl/N-ethyl adjacent to an activating group) is 1. The second kappa shape index (κ2) is 3.59. The molecule has 1 aromatic rings. The zero-order valence-electron chi connectivity index (χ0n) is 11.4. The van der Waals surface area contributed by atoms with Crippen molar-refractivity contribution in [1.29, 1.82) is 0 Å². The Hall–Kier alpha value is -1.31. The van der Waals surface area contributed by atoms with E-state index in [-0.39, 0.29) is 16.7 Å². The molecule has 0 saturated carbocycles. The highest BCUT2D eigenvalue weighted by atomic mass is 16.2. The maximum atomic E-state index is 12.5. The van der Waals surface area contributed by atoms with Crippen molar-refractivity contribution in [3.63, 3.8) is 0 Å². The number of hydrogen-bond acceptors (Lipinski definition) is 1. The number of para-hydroxylation sites is 1. The van der Waals surface area contributed by atoms with Gasteiger partial charge in [0, 0.05) is 12.7 Å². The quantitative estimate of drug-likeness (QED) is 0.725. The predicted molar refractivity (Wildman–Crippen MR) is 71.3 cm³/mol. The van der Waals surface area contributed by atoms with Gasteiger partial charge in [-0.15, -0.1) is 0 Å². The van der Waals surface area contributed by atoms with Gasteiger partial charge in [-0.05, 0) is 30.4 Å². The van der Waals surface area contributed by atoms with Gasteiger partial charge in [-0.25, -0.2) is 0 Å². The Balaban J connectivity index is 2.52. The molecule has 0 saturated heterocycles. The van der Waals surface area contributed by atoms with Crippen molar-refractivity contribution in [2.24, 2.45) is 5.41 Å². The van der Waals surface area contributed by atoms with E-state index < -0.39 is 0 Å². The van der Waals surface area contributed by atoms with Gasteiger partial charge in [0.05, 0.1) is 5.41 Å². The molecule has 1 aliphatic heterocycles. The van der Waals surface area contributed by atoms with Crippen molar-refractivity contribution in [3.05, 3.63) is 29.8 Å². The third-order valence-corrected chi connectivity index (χ3v) is 3.52. The molecule has 0 N–H and O–H groups in total. The molecule has 1 unspecified atom stereocenters. The highest BCUT2D eigenvalue weighted by Gasteiger charge is 2.47. The minimum absolute atomic E-state index is 0.142. The second-order valence-electron chi connectivity index (χ2n) is 6.45. The van der Waals surface area contributed by atoms with Crippen LogP contribution >= 0.6 is 0 Å². The van der Waals surface area contributed by atoms with E-state index in [1.54, 1.807) is 4.90 Å². The fraction of sp³-hybridized carbons (Fsp3) is 0.533. The standard InChI is InChI=1S/C15H21NO/c1-14(2,3)10-15(4)11-8-6-7-9-12(11)16(5)13(15)17/h6-9H,10H2,1-5H3. The zero-order valence-corrected chi connectivity index (χ0v) is 11.4. The molecule has 2 rings (SSSR count). The summed E-state index contributed by atoms with van der Waals surface area (Å²) in [5, 5.41) is 0. The first kappa shape index (κ1) is 12.2. The van der Waals surface area contributed by atoms with Crippen molar-refractivity contribution >= 4 is 11.6 Å². The topological polar surface area (TPSA) is 20.3 Å². The molecule has 0 spiro atoms. The van der Waals surface area contributed by atoms with E-state index in [1.165, 1.54) is 5.56 Å². The van der Waals surface area contributed by atoms with Crippen LogP contribution in [-0.4, -0.2) is 13.0 Å². The van der Waals surface area contributed by atoms with Crippen LogP contribution in [0.1, 0.15) is 39.7 Å². The van der Waals surface area contributed by atoms with Gasteiger partial charge in [0.1, 0.15) is 0 Å². The lowest BCUT2D eigenvalue weighted by molar-refractivity contribution is -0.123. The van der Waals surface area contributed by atoms with Gasteiger partial charge in [-0.3, -0.25) is 4.79 Å². The summed E-state index contributed by atoms with van der Waals surface area (Å²) in [7, 11) is 1.87.